The van der Waals surface area contributed by atoms with Gasteiger partial charge in [-0.15, -0.1) is 0 Å². The Bertz CT molecular complexity index is 549. The summed E-state index contributed by atoms with van der Waals surface area (Å²) in [5.74, 6) is 5.93. The average Bonchev–Trinajstić information content (AvgIpc) is 2.84. The van der Waals surface area contributed by atoms with E-state index in [1.54, 1.807) is 18.1 Å². The first-order chi connectivity index (χ1) is 9.19. The molecule has 0 saturated carbocycles. The molecule has 0 aliphatic rings. The van der Waals surface area contributed by atoms with Crippen molar-refractivity contribution in [3.63, 3.8) is 0 Å². The van der Waals surface area contributed by atoms with Gasteiger partial charge in [-0.25, -0.2) is 20.8 Å². The van der Waals surface area contributed by atoms with Gasteiger partial charge in [0.15, 0.2) is 11.6 Å². The molecule has 0 aromatic carbocycles. The maximum absolute atomic E-state index is 11.7. The fraction of sp³-hybridized carbons (Fsp3) is 0.300. The SMILES string of the molecule is Cn1cnc(CCNC(=O)c2cnc(NN)cn2)n1. The number of hydrogen-bond donors (Lipinski definition) is 3. The van der Waals surface area contributed by atoms with Crippen molar-refractivity contribution < 1.29 is 4.79 Å². The quantitative estimate of drug-likeness (QED) is 0.459. The van der Waals surface area contributed by atoms with Crippen molar-refractivity contribution in [2.24, 2.45) is 12.9 Å². The van der Waals surface area contributed by atoms with Crippen LogP contribution < -0.4 is 16.6 Å². The van der Waals surface area contributed by atoms with Crippen LogP contribution >= 0.6 is 0 Å². The molecule has 2 rings (SSSR count). The number of amides is 1. The van der Waals surface area contributed by atoms with Gasteiger partial charge in [0, 0.05) is 20.0 Å². The molecule has 0 saturated heterocycles. The molecule has 0 spiro atoms. The number of nitrogens with two attached hydrogens (primary N) is 1. The zero-order valence-electron chi connectivity index (χ0n) is 10.4. The predicted octanol–water partition coefficient (Wildman–Crippen LogP) is -1.14. The van der Waals surface area contributed by atoms with Gasteiger partial charge in [0.1, 0.15) is 12.0 Å². The van der Waals surface area contributed by atoms with Gasteiger partial charge in [-0.2, -0.15) is 5.10 Å². The van der Waals surface area contributed by atoms with Crippen LogP contribution in [0.2, 0.25) is 0 Å². The summed E-state index contributed by atoms with van der Waals surface area (Å²) in [5, 5.41) is 6.82. The molecule has 0 bridgehead atoms. The van der Waals surface area contributed by atoms with Crippen molar-refractivity contribution in [2.45, 2.75) is 6.42 Å². The van der Waals surface area contributed by atoms with E-state index < -0.39 is 0 Å². The normalized spacial score (nSPS) is 10.2. The van der Waals surface area contributed by atoms with E-state index in [1.807, 2.05) is 0 Å². The van der Waals surface area contributed by atoms with E-state index in [4.69, 9.17) is 5.84 Å². The lowest BCUT2D eigenvalue weighted by Crippen LogP contribution is -2.27. The third kappa shape index (κ3) is 3.45. The molecule has 0 unspecified atom stereocenters. The largest absolute Gasteiger partial charge is 0.350 e. The molecule has 100 valence electrons. The Morgan fingerprint density at radius 3 is 2.79 bits per heavy atom. The summed E-state index contributed by atoms with van der Waals surface area (Å²) in [6, 6.07) is 0. The average molecular weight is 262 g/mol. The van der Waals surface area contributed by atoms with E-state index in [1.165, 1.54) is 12.4 Å². The Labute approximate surface area is 109 Å². The van der Waals surface area contributed by atoms with Crippen molar-refractivity contribution in [2.75, 3.05) is 12.0 Å². The zero-order chi connectivity index (χ0) is 13.7. The van der Waals surface area contributed by atoms with Crippen LogP contribution in [0.3, 0.4) is 0 Å². The summed E-state index contributed by atoms with van der Waals surface area (Å²) in [7, 11) is 1.79. The van der Waals surface area contributed by atoms with Crippen LogP contribution in [0.5, 0.6) is 0 Å². The Morgan fingerprint density at radius 1 is 1.37 bits per heavy atom. The molecule has 0 radical (unpaired) electrons. The van der Waals surface area contributed by atoms with E-state index in [0.29, 0.717) is 24.6 Å². The minimum absolute atomic E-state index is 0.230. The molecule has 0 fully saturated rings. The summed E-state index contributed by atoms with van der Waals surface area (Å²) in [5.41, 5.74) is 2.57. The summed E-state index contributed by atoms with van der Waals surface area (Å²) < 4.78 is 1.61. The molecule has 9 heteroatoms. The highest BCUT2D eigenvalue weighted by molar-refractivity contribution is 5.91. The van der Waals surface area contributed by atoms with E-state index in [2.05, 4.69) is 30.8 Å². The van der Waals surface area contributed by atoms with Gasteiger partial charge in [0.05, 0.1) is 12.4 Å². The number of hydrogen-bond acceptors (Lipinski definition) is 7. The summed E-state index contributed by atoms with van der Waals surface area (Å²) in [6.45, 7) is 0.432. The smallest absolute Gasteiger partial charge is 0.271 e. The number of rotatable bonds is 5. The second-order valence-corrected chi connectivity index (χ2v) is 3.77. The first-order valence-corrected chi connectivity index (χ1v) is 5.60. The van der Waals surface area contributed by atoms with Crippen LogP contribution in [0.15, 0.2) is 18.7 Å². The van der Waals surface area contributed by atoms with Gasteiger partial charge in [0.2, 0.25) is 0 Å². The molecule has 1 amide bonds. The van der Waals surface area contributed by atoms with E-state index in [-0.39, 0.29) is 11.6 Å². The zero-order valence-corrected chi connectivity index (χ0v) is 10.4. The monoisotopic (exact) mass is 262 g/mol. The molecule has 0 aliphatic heterocycles. The lowest BCUT2D eigenvalue weighted by Gasteiger charge is -2.03. The van der Waals surface area contributed by atoms with Crippen LogP contribution in [0.4, 0.5) is 5.82 Å². The van der Waals surface area contributed by atoms with Crippen molar-refractivity contribution >= 4 is 11.7 Å². The van der Waals surface area contributed by atoms with E-state index in [9.17, 15) is 4.79 Å². The minimum atomic E-state index is -0.299. The maximum atomic E-state index is 11.7. The Balaban J connectivity index is 1.83. The van der Waals surface area contributed by atoms with Crippen LogP contribution in [0.1, 0.15) is 16.3 Å². The lowest BCUT2D eigenvalue weighted by molar-refractivity contribution is 0.0948. The van der Waals surface area contributed by atoms with Gasteiger partial charge in [-0.3, -0.25) is 9.48 Å². The van der Waals surface area contributed by atoms with Gasteiger partial charge >= 0.3 is 0 Å². The van der Waals surface area contributed by atoms with Crippen molar-refractivity contribution in [3.05, 3.63) is 30.2 Å². The van der Waals surface area contributed by atoms with Crippen molar-refractivity contribution in [3.8, 4) is 0 Å². The van der Waals surface area contributed by atoms with Crippen molar-refractivity contribution in [1.82, 2.24) is 30.0 Å². The molecule has 2 heterocycles. The standard InChI is InChI=1S/C10H14N8O/c1-18-6-15-8(17-18)2-3-12-10(19)7-4-14-9(16-11)5-13-7/h4-6H,2-3,11H2,1H3,(H,12,19)(H,14,16). The first-order valence-electron chi connectivity index (χ1n) is 5.60. The van der Waals surface area contributed by atoms with Gasteiger partial charge < -0.3 is 10.7 Å². The topological polar surface area (TPSA) is 124 Å². The van der Waals surface area contributed by atoms with Gasteiger partial charge in [-0.05, 0) is 0 Å². The first kappa shape index (κ1) is 12.9. The molecule has 0 aliphatic carbocycles. The van der Waals surface area contributed by atoms with Crippen LogP contribution in [0.25, 0.3) is 0 Å². The van der Waals surface area contributed by atoms with Gasteiger partial charge in [0.25, 0.3) is 5.91 Å². The Hall–Kier alpha value is -2.55. The molecule has 2 aromatic rings. The summed E-state index contributed by atoms with van der Waals surface area (Å²) >= 11 is 0. The maximum Gasteiger partial charge on any atom is 0.271 e. The molecule has 19 heavy (non-hydrogen) atoms. The number of nitrogens with zero attached hydrogens (tertiary/aromatic N) is 5. The highest BCUT2D eigenvalue weighted by Gasteiger charge is 2.07. The number of carbonyl (C=O) groups excluding carboxylic acids is 1. The highest BCUT2D eigenvalue weighted by Crippen LogP contribution is 1.98. The third-order valence-electron chi connectivity index (χ3n) is 2.31. The lowest BCUT2D eigenvalue weighted by atomic mass is 10.3. The fourth-order valence-electron chi connectivity index (χ4n) is 1.40. The number of nitrogens with one attached hydrogen (secondary N) is 2. The van der Waals surface area contributed by atoms with Crippen LogP contribution in [0, 0.1) is 0 Å². The molecule has 4 N–H and O–H groups in total. The summed E-state index contributed by atoms with van der Waals surface area (Å²) in [6.07, 6.45) is 4.91. The number of nitrogen functional groups attached to an aromatic ring is 1. The van der Waals surface area contributed by atoms with Crippen LogP contribution in [-0.4, -0.2) is 37.2 Å². The third-order valence-corrected chi connectivity index (χ3v) is 2.31. The van der Waals surface area contributed by atoms with E-state index in [0.717, 1.165) is 0 Å². The summed E-state index contributed by atoms with van der Waals surface area (Å²) in [4.78, 5) is 23.6. The van der Waals surface area contributed by atoms with Crippen LogP contribution in [-0.2, 0) is 13.5 Å². The molecular formula is C10H14N8O. The second kappa shape index (κ2) is 5.87. The van der Waals surface area contributed by atoms with Gasteiger partial charge in [-0.1, -0.05) is 0 Å². The second-order valence-electron chi connectivity index (χ2n) is 3.77. The fourth-order valence-corrected chi connectivity index (χ4v) is 1.40. The molecule has 0 atom stereocenters. The number of aromatic nitrogens is 5. The van der Waals surface area contributed by atoms with E-state index >= 15 is 0 Å². The molecule has 2 aromatic heterocycles. The number of carbonyl (C=O) groups is 1. The number of hydrazine groups is 1. The Kier molecular flexibility index (Phi) is 3.98. The molecular weight excluding hydrogens is 248 g/mol. The minimum Gasteiger partial charge on any atom is -0.350 e. The Morgan fingerprint density at radius 2 is 2.21 bits per heavy atom. The molecule has 9 nitrogen and oxygen atoms in total. The number of aryl methyl sites for hydroxylation is 1. The predicted molar refractivity (Wildman–Crippen MR) is 66.9 cm³/mol. The highest BCUT2D eigenvalue weighted by atomic mass is 16.1. The van der Waals surface area contributed by atoms with Crippen molar-refractivity contribution in [1.29, 1.82) is 0 Å². The number of anilines is 1.